The van der Waals surface area contributed by atoms with Crippen molar-refractivity contribution >= 4 is 23.8 Å². The fourth-order valence-electron chi connectivity index (χ4n) is 2.01. The molecule has 0 radical (unpaired) electrons. The number of alkyl carbamates (subject to hydrolysis) is 1. The Bertz CT molecular complexity index is 664. The van der Waals surface area contributed by atoms with Crippen LogP contribution < -0.4 is 5.32 Å². The van der Waals surface area contributed by atoms with Crippen LogP contribution in [0.1, 0.15) is 39.2 Å². The van der Waals surface area contributed by atoms with Crippen molar-refractivity contribution in [1.82, 2.24) is 5.32 Å². The van der Waals surface area contributed by atoms with Crippen molar-refractivity contribution in [3.8, 4) is 0 Å². The van der Waals surface area contributed by atoms with Gasteiger partial charge in [-0.25, -0.2) is 9.59 Å². The second kappa shape index (κ2) is 10.3. The van der Waals surface area contributed by atoms with Crippen molar-refractivity contribution in [2.45, 2.75) is 51.9 Å². The first kappa shape index (κ1) is 22.1. The molecule has 0 unspecified atom stereocenters. The SMILES string of the molecule is COC(=O)CC(=O)C[C@@H](NC(=O)OC(C)(C)C)C(=O)OCc1ccccc1. The number of esters is 2. The molecule has 0 fully saturated rings. The van der Waals surface area contributed by atoms with Gasteiger partial charge in [-0.2, -0.15) is 0 Å². The quantitative estimate of drug-likeness (QED) is 0.419. The van der Waals surface area contributed by atoms with Crippen molar-refractivity contribution in [3.05, 3.63) is 35.9 Å². The van der Waals surface area contributed by atoms with Gasteiger partial charge in [0.1, 0.15) is 30.5 Å². The van der Waals surface area contributed by atoms with Gasteiger partial charge in [0.15, 0.2) is 0 Å². The van der Waals surface area contributed by atoms with E-state index in [2.05, 4.69) is 10.1 Å². The summed E-state index contributed by atoms with van der Waals surface area (Å²) in [6.45, 7) is 4.98. The zero-order valence-corrected chi connectivity index (χ0v) is 15.9. The number of amides is 1. The summed E-state index contributed by atoms with van der Waals surface area (Å²) in [5, 5.41) is 2.32. The van der Waals surface area contributed by atoms with E-state index < -0.39 is 48.3 Å². The van der Waals surface area contributed by atoms with E-state index in [1.807, 2.05) is 6.07 Å². The van der Waals surface area contributed by atoms with Crippen molar-refractivity contribution in [2.24, 2.45) is 0 Å². The van der Waals surface area contributed by atoms with Crippen LogP contribution in [0.4, 0.5) is 4.79 Å². The maximum absolute atomic E-state index is 12.3. The van der Waals surface area contributed by atoms with Crippen LogP contribution in [0.15, 0.2) is 30.3 Å². The number of carbonyl (C=O) groups excluding carboxylic acids is 4. The summed E-state index contributed by atoms with van der Waals surface area (Å²) >= 11 is 0. The maximum Gasteiger partial charge on any atom is 0.408 e. The first-order valence-electron chi connectivity index (χ1n) is 8.39. The summed E-state index contributed by atoms with van der Waals surface area (Å²) in [6.07, 6.45) is -1.79. The number of hydrogen-bond donors (Lipinski definition) is 1. The molecule has 1 amide bonds. The topological polar surface area (TPSA) is 108 Å². The highest BCUT2D eigenvalue weighted by molar-refractivity contribution is 5.98. The summed E-state index contributed by atoms with van der Waals surface area (Å²) < 4.78 is 14.7. The van der Waals surface area contributed by atoms with Crippen LogP contribution in [0.25, 0.3) is 0 Å². The van der Waals surface area contributed by atoms with E-state index in [0.29, 0.717) is 0 Å². The highest BCUT2D eigenvalue weighted by Gasteiger charge is 2.28. The molecule has 8 heteroatoms. The Morgan fingerprint density at radius 1 is 1.07 bits per heavy atom. The highest BCUT2D eigenvalue weighted by Crippen LogP contribution is 2.09. The third kappa shape index (κ3) is 9.39. The minimum Gasteiger partial charge on any atom is -0.469 e. The molecular formula is C19H25NO7. The number of methoxy groups -OCH3 is 1. The molecule has 1 rings (SSSR count). The summed E-state index contributed by atoms with van der Waals surface area (Å²) in [4.78, 5) is 47.5. The Morgan fingerprint density at radius 2 is 1.70 bits per heavy atom. The Hall–Kier alpha value is -2.90. The lowest BCUT2D eigenvalue weighted by atomic mass is 10.1. The molecule has 0 saturated heterocycles. The van der Waals surface area contributed by atoms with Crippen LogP contribution in [-0.4, -0.2) is 42.6 Å². The lowest BCUT2D eigenvalue weighted by Crippen LogP contribution is -2.45. The Morgan fingerprint density at radius 3 is 2.26 bits per heavy atom. The van der Waals surface area contributed by atoms with Crippen molar-refractivity contribution in [2.75, 3.05) is 7.11 Å². The van der Waals surface area contributed by atoms with Crippen molar-refractivity contribution in [1.29, 1.82) is 0 Å². The van der Waals surface area contributed by atoms with Gasteiger partial charge in [-0.05, 0) is 26.3 Å². The first-order valence-corrected chi connectivity index (χ1v) is 8.39. The molecule has 0 aromatic heterocycles. The van der Waals surface area contributed by atoms with Crippen LogP contribution in [0.3, 0.4) is 0 Å². The number of hydrogen-bond acceptors (Lipinski definition) is 7. The van der Waals surface area contributed by atoms with E-state index in [1.165, 1.54) is 0 Å². The van der Waals surface area contributed by atoms with E-state index in [-0.39, 0.29) is 6.61 Å². The van der Waals surface area contributed by atoms with E-state index in [4.69, 9.17) is 9.47 Å². The van der Waals surface area contributed by atoms with Crippen LogP contribution in [0.5, 0.6) is 0 Å². The number of rotatable bonds is 8. The van der Waals surface area contributed by atoms with Gasteiger partial charge >= 0.3 is 18.0 Å². The van der Waals surface area contributed by atoms with E-state index >= 15 is 0 Å². The monoisotopic (exact) mass is 379 g/mol. The molecule has 0 heterocycles. The summed E-state index contributed by atoms with van der Waals surface area (Å²) in [5.74, 6) is -2.10. The van der Waals surface area contributed by atoms with Crippen LogP contribution in [-0.2, 0) is 35.2 Å². The van der Waals surface area contributed by atoms with Gasteiger partial charge in [-0.15, -0.1) is 0 Å². The summed E-state index contributed by atoms with van der Waals surface area (Å²) in [7, 11) is 1.15. The average molecular weight is 379 g/mol. The lowest BCUT2D eigenvalue weighted by molar-refractivity contribution is -0.150. The Labute approximate surface area is 158 Å². The zero-order chi connectivity index (χ0) is 20.4. The Balaban J connectivity index is 2.75. The van der Waals surface area contributed by atoms with Gasteiger partial charge in [0.2, 0.25) is 0 Å². The molecule has 0 aliphatic heterocycles. The molecule has 0 aliphatic rings. The first-order chi connectivity index (χ1) is 12.6. The molecule has 1 atom stereocenters. The number of Topliss-reactive ketones (excluding diaryl/α,β-unsaturated/α-hetero) is 1. The Kier molecular flexibility index (Phi) is 8.44. The smallest absolute Gasteiger partial charge is 0.408 e. The minimum absolute atomic E-state index is 0.0165. The molecular weight excluding hydrogens is 354 g/mol. The van der Waals surface area contributed by atoms with E-state index in [9.17, 15) is 19.2 Å². The second-order valence-electron chi connectivity index (χ2n) is 6.79. The summed E-state index contributed by atoms with van der Waals surface area (Å²) in [5.41, 5.74) is -0.0266. The molecule has 0 aliphatic carbocycles. The predicted molar refractivity (Wildman–Crippen MR) is 95.7 cm³/mol. The van der Waals surface area contributed by atoms with Crippen LogP contribution in [0.2, 0.25) is 0 Å². The normalized spacial score (nSPS) is 11.9. The molecule has 0 bridgehead atoms. The van der Waals surface area contributed by atoms with Crippen molar-refractivity contribution in [3.63, 3.8) is 0 Å². The predicted octanol–water partition coefficient (Wildman–Crippen LogP) is 2.15. The number of carbonyl (C=O) groups is 4. The van der Waals surface area contributed by atoms with Crippen LogP contribution >= 0.6 is 0 Å². The number of benzene rings is 1. The number of ether oxygens (including phenoxy) is 3. The van der Waals surface area contributed by atoms with Gasteiger partial charge in [-0.1, -0.05) is 30.3 Å². The fourth-order valence-corrected chi connectivity index (χ4v) is 2.01. The molecule has 148 valence electrons. The molecule has 0 saturated carbocycles. The molecule has 1 aromatic rings. The lowest BCUT2D eigenvalue weighted by Gasteiger charge is -2.22. The number of nitrogens with one attached hydrogen (secondary N) is 1. The average Bonchev–Trinajstić information content (AvgIpc) is 2.58. The van der Waals surface area contributed by atoms with E-state index in [1.54, 1.807) is 45.0 Å². The van der Waals surface area contributed by atoms with Gasteiger partial charge in [0.05, 0.1) is 7.11 Å². The van der Waals surface area contributed by atoms with Crippen molar-refractivity contribution < 1.29 is 33.4 Å². The van der Waals surface area contributed by atoms with Gasteiger partial charge in [0.25, 0.3) is 0 Å². The zero-order valence-electron chi connectivity index (χ0n) is 15.9. The largest absolute Gasteiger partial charge is 0.469 e. The molecule has 8 nitrogen and oxygen atoms in total. The molecule has 1 aromatic carbocycles. The van der Waals surface area contributed by atoms with Crippen LogP contribution in [0, 0.1) is 0 Å². The third-order valence-electron chi connectivity index (χ3n) is 3.20. The molecule has 0 spiro atoms. The van der Waals surface area contributed by atoms with E-state index in [0.717, 1.165) is 12.7 Å². The third-order valence-corrected chi connectivity index (χ3v) is 3.20. The van der Waals surface area contributed by atoms with Gasteiger partial charge in [-0.3, -0.25) is 9.59 Å². The highest BCUT2D eigenvalue weighted by atomic mass is 16.6. The minimum atomic E-state index is -1.28. The molecule has 1 N–H and O–H groups in total. The molecule has 27 heavy (non-hydrogen) atoms. The van der Waals surface area contributed by atoms with Gasteiger partial charge in [0, 0.05) is 6.42 Å². The standard InChI is InChI=1S/C19H25NO7/c1-19(2,3)27-18(24)20-15(10-14(21)11-16(22)25-4)17(23)26-12-13-8-6-5-7-9-13/h5-9,15H,10-12H2,1-4H3,(H,20,24)/t15-/m1/s1. The fraction of sp³-hybridized carbons (Fsp3) is 0.474. The van der Waals surface area contributed by atoms with Gasteiger partial charge < -0.3 is 19.5 Å². The maximum atomic E-state index is 12.3. The second-order valence-corrected chi connectivity index (χ2v) is 6.79. The number of ketones is 1. The summed E-state index contributed by atoms with van der Waals surface area (Å²) in [6, 6.07) is 7.67.